The smallest absolute Gasteiger partial charge is 0.407 e. The number of carbonyl (C=O) groups is 1. The van der Waals surface area contributed by atoms with Gasteiger partial charge in [0.1, 0.15) is 5.69 Å². The fraction of sp³-hybridized carbons (Fsp3) is 0.333. The molecular formula is C27H26Cl2N6O2. The van der Waals surface area contributed by atoms with Gasteiger partial charge in [0.15, 0.2) is 5.84 Å². The molecule has 0 atom stereocenters. The average Bonchev–Trinajstić information content (AvgIpc) is 3.33. The quantitative estimate of drug-likeness (QED) is 0.254. The Kier molecular flexibility index (Phi) is 7.09. The van der Waals surface area contributed by atoms with Gasteiger partial charge in [-0.3, -0.25) is 0 Å². The van der Waals surface area contributed by atoms with Gasteiger partial charge < -0.3 is 14.9 Å². The van der Waals surface area contributed by atoms with E-state index in [1.54, 1.807) is 4.68 Å². The van der Waals surface area contributed by atoms with E-state index in [-0.39, 0.29) is 5.41 Å². The fourth-order valence-electron chi connectivity index (χ4n) is 5.43. The molecule has 0 aliphatic carbocycles. The van der Waals surface area contributed by atoms with Crippen molar-refractivity contribution in [1.29, 1.82) is 5.26 Å². The summed E-state index contributed by atoms with van der Waals surface area (Å²) in [5, 5.41) is 25.1. The van der Waals surface area contributed by atoms with Crippen molar-refractivity contribution in [3.8, 4) is 23.1 Å². The molecule has 8 nitrogen and oxygen atoms in total. The monoisotopic (exact) mass is 536 g/mol. The van der Waals surface area contributed by atoms with Gasteiger partial charge in [0, 0.05) is 36.8 Å². The first-order chi connectivity index (χ1) is 17.9. The normalized spacial score (nSPS) is 17.6. The lowest BCUT2D eigenvalue weighted by Gasteiger charge is -2.47. The van der Waals surface area contributed by atoms with Crippen LogP contribution < -0.4 is 0 Å². The van der Waals surface area contributed by atoms with Crippen LogP contribution in [0.2, 0.25) is 10.0 Å². The average molecular weight is 537 g/mol. The Morgan fingerprint density at radius 2 is 1.76 bits per heavy atom. The first kappa shape index (κ1) is 25.1. The van der Waals surface area contributed by atoms with E-state index in [2.05, 4.69) is 9.89 Å². The summed E-state index contributed by atoms with van der Waals surface area (Å²) < 4.78 is 1.77. The highest BCUT2D eigenvalue weighted by molar-refractivity contribution is 6.32. The second-order valence-electron chi connectivity index (χ2n) is 9.62. The van der Waals surface area contributed by atoms with E-state index >= 15 is 0 Å². The summed E-state index contributed by atoms with van der Waals surface area (Å²) in [4.78, 5) is 19.4. The van der Waals surface area contributed by atoms with Gasteiger partial charge >= 0.3 is 6.09 Å². The van der Waals surface area contributed by atoms with Gasteiger partial charge in [-0.1, -0.05) is 47.5 Å². The number of likely N-dealkylation sites (tertiary alicyclic amines) is 2. The largest absolute Gasteiger partial charge is 0.465 e. The van der Waals surface area contributed by atoms with Crippen LogP contribution in [0, 0.1) is 16.9 Å². The highest BCUT2D eigenvalue weighted by atomic mass is 35.5. The summed E-state index contributed by atoms with van der Waals surface area (Å²) in [5.41, 5.74) is 2.94. The fourth-order valence-corrected chi connectivity index (χ4v) is 5.78. The van der Waals surface area contributed by atoms with Crippen molar-refractivity contribution >= 4 is 35.1 Å². The molecule has 37 heavy (non-hydrogen) atoms. The third-order valence-corrected chi connectivity index (χ3v) is 7.94. The Hall–Kier alpha value is -3.54. The summed E-state index contributed by atoms with van der Waals surface area (Å²) in [6, 6.07) is 16.8. The lowest BCUT2D eigenvalue weighted by atomic mass is 9.72. The van der Waals surface area contributed by atoms with Gasteiger partial charge in [-0.2, -0.15) is 15.4 Å². The van der Waals surface area contributed by atoms with Crippen LogP contribution in [0.1, 0.15) is 31.4 Å². The van der Waals surface area contributed by atoms with Crippen molar-refractivity contribution < 1.29 is 9.90 Å². The Balaban J connectivity index is 1.48. The third-order valence-electron chi connectivity index (χ3n) is 7.37. The molecule has 10 heteroatoms. The number of para-hydroxylation sites is 1. The van der Waals surface area contributed by atoms with Crippen molar-refractivity contribution in [1.82, 2.24) is 19.6 Å². The van der Waals surface area contributed by atoms with E-state index in [1.165, 1.54) is 4.90 Å². The molecule has 3 aromatic rings. The second-order valence-corrected chi connectivity index (χ2v) is 10.5. The standard InChI is InChI=1S/C27H26Cl2N6O2/c28-20-8-6-19(7-9-20)24-16-22(32-35(24)23-5-2-1-4-21(23)29)25(31-18-30)33-14-11-27(12-15-33)10-3-13-34(17-27)26(36)37/h1-2,4-9,16H,3,10-15,17H2,(H,36,37). The SMILES string of the molecule is N#CN=C(c1cc(-c2ccc(Cl)cc2)n(-c2ccccc2Cl)n1)N1CCC2(CCCN(C(=O)O)C2)CC1. The number of nitrogens with zero attached hydrogens (tertiary/aromatic N) is 6. The zero-order valence-corrected chi connectivity index (χ0v) is 21.7. The van der Waals surface area contributed by atoms with Gasteiger partial charge in [-0.15, -0.1) is 0 Å². The molecule has 1 N–H and O–H groups in total. The number of piperidine rings is 2. The Labute approximate surface area is 225 Å². The summed E-state index contributed by atoms with van der Waals surface area (Å²) in [6.07, 6.45) is 4.64. The van der Waals surface area contributed by atoms with Crippen molar-refractivity contribution in [3.05, 3.63) is 70.3 Å². The zero-order chi connectivity index (χ0) is 26.0. The molecule has 1 amide bonds. The number of amides is 1. The van der Waals surface area contributed by atoms with Crippen molar-refractivity contribution in [2.24, 2.45) is 10.4 Å². The van der Waals surface area contributed by atoms with Crippen molar-refractivity contribution in [2.75, 3.05) is 26.2 Å². The first-order valence-electron chi connectivity index (χ1n) is 12.2. The number of hydrogen-bond donors (Lipinski definition) is 1. The van der Waals surface area contributed by atoms with E-state index < -0.39 is 6.09 Å². The molecule has 0 saturated carbocycles. The topological polar surface area (TPSA) is 97.8 Å². The molecule has 5 rings (SSSR count). The molecule has 3 heterocycles. The Morgan fingerprint density at radius 1 is 1.03 bits per heavy atom. The van der Waals surface area contributed by atoms with E-state index in [0.29, 0.717) is 53.4 Å². The molecule has 0 radical (unpaired) electrons. The molecule has 190 valence electrons. The van der Waals surface area contributed by atoms with Gasteiger partial charge in [0.2, 0.25) is 6.19 Å². The molecule has 2 saturated heterocycles. The minimum absolute atomic E-state index is 0.0315. The Bertz CT molecular complexity index is 1370. The van der Waals surface area contributed by atoms with E-state index in [1.807, 2.05) is 60.8 Å². The van der Waals surface area contributed by atoms with Gasteiger partial charge in [0.05, 0.1) is 16.4 Å². The number of carboxylic acid groups (broad SMARTS) is 1. The molecule has 2 aliphatic heterocycles. The number of hydrogen-bond acceptors (Lipinski definition) is 4. The highest BCUT2D eigenvalue weighted by Crippen LogP contribution is 2.40. The highest BCUT2D eigenvalue weighted by Gasteiger charge is 2.40. The number of rotatable bonds is 3. The number of nitriles is 1. The van der Waals surface area contributed by atoms with E-state index in [0.717, 1.165) is 36.9 Å². The Morgan fingerprint density at radius 3 is 2.43 bits per heavy atom. The van der Waals surface area contributed by atoms with Crippen LogP contribution in [0.15, 0.2) is 59.6 Å². The maximum Gasteiger partial charge on any atom is 0.407 e. The molecule has 0 bridgehead atoms. The van der Waals surface area contributed by atoms with Crippen LogP contribution in [0.5, 0.6) is 0 Å². The molecule has 1 spiro atoms. The minimum atomic E-state index is -0.854. The predicted molar refractivity (Wildman–Crippen MR) is 143 cm³/mol. The first-order valence-corrected chi connectivity index (χ1v) is 13.0. The minimum Gasteiger partial charge on any atom is -0.465 e. The summed E-state index contributed by atoms with van der Waals surface area (Å²) in [7, 11) is 0. The van der Waals surface area contributed by atoms with Gasteiger partial charge in [-0.25, -0.2) is 9.48 Å². The summed E-state index contributed by atoms with van der Waals surface area (Å²) in [5.74, 6) is 0.504. The van der Waals surface area contributed by atoms with Crippen LogP contribution in [0.3, 0.4) is 0 Å². The summed E-state index contributed by atoms with van der Waals surface area (Å²) in [6.45, 7) is 2.49. The van der Waals surface area contributed by atoms with Crippen LogP contribution >= 0.6 is 23.2 Å². The molecule has 2 aromatic carbocycles. The zero-order valence-electron chi connectivity index (χ0n) is 20.1. The van der Waals surface area contributed by atoms with E-state index in [4.69, 9.17) is 28.3 Å². The lowest BCUT2D eigenvalue weighted by Crippen LogP contribution is -2.52. The molecule has 1 aromatic heterocycles. The lowest BCUT2D eigenvalue weighted by molar-refractivity contribution is 0.0416. The van der Waals surface area contributed by atoms with Crippen molar-refractivity contribution in [3.63, 3.8) is 0 Å². The third kappa shape index (κ3) is 5.15. The van der Waals surface area contributed by atoms with Crippen LogP contribution in [-0.4, -0.2) is 62.8 Å². The van der Waals surface area contributed by atoms with Gasteiger partial charge in [-0.05, 0) is 61.4 Å². The van der Waals surface area contributed by atoms with Crippen LogP contribution in [-0.2, 0) is 0 Å². The number of aromatic nitrogens is 2. The maximum atomic E-state index is 11.6. The van der Waals surface area contributed by atoms with Crippen LogP contribution in [0.4, 0.5) is 4.79 Å². The second kappa shape index (κ2) is 10.4. The number of halogens is 2. The summed E-state index contributed by atoms with van der Waals surface area (Å²) >= 11 is 12.7. The van der Waals surface area contributed by atoms with Crippen LogP contribution in [0.25, 0.3) is 16.9 Å². The molecule has 2 aliphatic rings. The maximum absolute atomic E-state index is 11.6. The number of benzene rings is 2. The molecular weight excluding hydrogens is 511 g/mol. The molecule has 0 unspecified atom stereocenters. The van der Waals surface area contributed by atoms with E-state index in [9.17, 15) is 15.2 Å². The predicted octanol–water partition coefficient (Wildman–Crippen LogP) is 5.93. The van der Waals surface area contributed by atoms with Crippen molar-refractivity contribution in [2.45, 2.75) is 25.7 Å². The van der Waals surface area contributed by atoms with Gasteiger partial charge in [0.25, 0.3) is 0 Å². The molecule has 2 fully saturated rings. The number of amidine groups is 1. The number of aliphatic imine (C=N–C) groups is 1.